The SMILES string of the molecule is COc1cc(CSC(C)C(C)O)cc([N+](=O)[O-])c1. The zero-order valence-electron chi connectivity index (χ0n) is 10.6. The van der Waals surface area contributed by atoms with Crippen LogP contribution in [0.4, 0.5) is 5.69 Å². The number of nitro groups is 1. The molecule has 1 aromatic rings. The molecule has 2 unspecified atom stereocenters. The van der Waals surface area contributed by atoms with Crippen molar-refractivity contribution in [2.75, 3.05) is 7.11 Å². The smallest absolute Gasteiger partial charge is 0.273 e. The van der Waals surface area contributed by atoms with E-state index in [1.807, 2.05) is 6.92 Å². The Hall–Kier alpha value is -1.27. The first-order valence-electron chi connectivity index (χ1n) is 5.56. The minimum absolute atomic E-state index is 0.0228. The molecule has 0 saturated heterocycles. The summed E-state index contributed by atoms with van der Waals surface area (Å²) < 4.78 is 5.04. The highest BCUT2D eigenvalue weighted by Gasteiger charge is 2.13. The van der Waals surface area contributed by atoms with Gasteiger partial charge in [-0.1, -0.05) is 6.92 Å². The first-order chi connectivity index (χ1) is 8.43. The van der Waals surface area contributed by atoms with Gasteiger partial charge in [-0.3, -0.25) is 10.1 Å². The molecule has 0 aromatic heterocycles. The van der Waals surface area contributed by atoms with E-state index < -0.39 is 11.0 Å². The predicted octanol–water partition coefficient (Wildman–Crippen LogP) is 2.61. The number of aliphatic hydroxyl groups excluding tert-OH is 1. The van der Waals surface area contributed by atoms with Crippen molar-refractivity contribution < 1.29 is 14.8 Å². The van der Waals surface area contributed by atoms with Crippen LogP contribution in [0.2, 0.25) is 0 Å². The second-order valence-corrected chi connectivity index (χ2v) is 5.42. The number of methoxy groups -OCH3 is 1. The number of hydrogen-bond donors (Lipinski definition) is 1. The lowest BCUT2D eigenvalue weighted by Crippen LogP contribution is -2.15. The Labute approximate surface area is 110 Å². The van der Waals surface area contributed by atoms with Gasteiger partial charge in [-0.2, -0.15) is 11.8 Å². The third kappa shape index (κ3) is 4.19. The summed E-state index contributed by atoms with van der Waals surface area (Å²) in [5.74, 6) is 1.08. The van der Waals surface area contributed by atoms with Crippen molar-refractivity contribution in [3.05, 3.63) is 33.9 Å². The molecule has 0 spiro atoms. The lowest BCUT2D eigenvalue weighted by molar-refractivity contribution is -0.385. The van der Waals surface area contributed by atoms with Crippen LogP contribution in [-0.2, 0) is 5.75 Å². The first-order valence-corrected chi connectivity index (χ1v) is 6.61. The van der Waals surface area contributed by atoms with Crippen LogP contribution in [0.25, 0.3) is 0 Å². The molecule has 1 aromatic carbocycles. The summed E-state index contributed by atoms with van der Waals surface area (Å²) in [6.45, 7) is 3.65. The number of hydrogen-bond acceptors (Lipinski definition) is 5. The maximum Gasteiger partial charge on any atom is 0.273 e. The van der Waals surface area contributed by atoms with Gasteiger partial charge in [0.15, 0.2) is 0 Å². The largest absolute Gasteiger partial charge is 0.496 e. The first kappa shape index (κ1) is 14.8. The highest BCUT2D eigenvalue weighted by atomic mass is 32.2. The Morgan fingerprint density at radius 2 is 2.11 bits per heavy atom. The second kappa shape index (κ2) is 6.61. The fourth-order valence-corrected chi connectivity index (χ4v) is 2.22. The van der Waals surface area contributed by atoms with Gasteiger partial charge in [-0.25, -0.2) is 0 Å². The average molecular weight is 271 g/mol. The molecule has 0 saturated carbocycles. The molecule has 6 heteroatoms. The normalized spacial score (nSPS) is 14.0. The molecule has 0 heterocycles. The molecule has 0 radical (unpaired) electrons. The van der Waals surface area contributed by atoms with Gasteiger partial charge in [0.25, 0.3) is 5.69 Å². The molecule has 0 aliphatic rings. The summed E-state index contributed by atoms with van der Waals surface area (Å²) in [7, 11) is 1.48. The number of ether oxygens (including phenoxy) is 1. The van der Waals surface area contributed by atoms with Gasteiger partial charge in [0.1, 0.15) is 5.75 Å². The second-order valence-electron chi connectivity index (χ2n) is 4.05. The van der Waals surface area contributed by atoms with Gasteiger partial charge in [0, 0.05) is 17.1 Å². The molecular formula is C12H17NO4S. The van der Waals surface area contributed by atoms with Gasteiger partial charge < -0.3 is 9.84 Å². The van der Waals surface area contributed by atoms with Crippen molar-refractivity contribution in [3.63, 3.8) is 0 Å². The van der Waals surface area contributed by atoms with Crippen molar-refractivity contribution in [3.8, 4) is 5.75 Å². The topological polar surface area (TPSA) is 72.6 Å². The predicted molar refractivity (Wildman–Crippen MR) is 72.1 cm³/mol. The number of rotatable bonds is 6. The summed E-state index contributed by atoms with van der Waals surface area (Å²) in [6.07, 6.45) is -0.407. The average Bonchev–Trinajstić information content (AvgIpc) is 2.35. The van der Waals surface area contributed by atoms with E-state index in [0.29, 0.717) is 11.5 Å². The van der Waals surface area contributed by atoms with Gasteiger partial charge in [0.05, 0.1) is 24.2 Å². The fraction of sp³-hybridized carbons (Fsp3) is 0.500. The Morgan fingerprint density at radius 3 is 2.61 bits per heavy atom. The molecule has 1 rings (SSSR count). The zero-order chi connectivity index (χ0) is 13.7. The lowest BCUT2D eigenvalue weighted by atomic mass is 10.2. The van der Waals surface area contributed by atoms with Crippen LogP contribution in [0.3, 0.4) is 0 Å². The molecule has 18 heavy (non-hydrogen) atoms. The van der Waals surface area contributed by atoms with Gasteiger partial charge in [-0.05, 0) is 18.6 Å². The van der Waals surface area contributed by atoms with Crippen molar-refractivity contribution in [2.24, 2.45) is 0 Å². The van der Waals surface area contributed by atoms with E-state index in [9.17, 15) is 15.2 Å². The fourth-order valence-electron chi connectivity index (χ4n) is 1.32. The van der Waals surface area contributed by atoms with E-state index in [4.69, 9.17) is 4.74 Å². The number of thioether (sulfide) groups is 1. The third-order valence-corrected chi connectivity index (χ3v) is 4.01. The number of aliphatic hydroxyl groups is 1. The van der Waals surface area contributed by atoms with E-state index in [1.54, 1.807) is 24.8 Å². The molecule has 0 aliphatic heterocycles. The Bertz CT molecular complexity index is 423. The lowest BCUT2D eigenvalue weighted by Gasteiger charge is -2.14. The van der Waals surface area contributed by atoms with Crippen LogP contribution in [0.1, 0.15) is 19.4 Å². The Balaban J connectivity index is 2.81. The van der Waals surface area contributed by atoms with Gasteiger partial charge >= 0.3 is 0 Å². The monoisotopic (exact) mass is 271 g/mol. The summed E-state index contributed by atoms with van der Waals surface area (Å²) >= 11 is 1.55. The zero-order valence-corrected chi connectivity index (χ0v) is 11.4. The summed E-state index contributed by atoms with van der Waals surface area (Å²) in [5, 5.41) is 20.2. The van der Waals surface area contributed by atoms with E-state index in [1.165, 1.54) is 19.2 Å². The highest BCUT2D eigenvalue weighted by molar-refractivity contribution is 7.99. The third-order valence-electron chi connectivity index (χ3n) is 2.59. The van der Waals surface area contributed by atoms with E-state index in [0.717, 1.165) is 5.56 Å². The standard InChI is InChI=1S/C12H17NO4S/c1-8(14)9(2)18-7-10-4-11(13(15)16)6-12(5-10)17-3/h4-6,8-9,14H,7H2,1-3H3. The van der Waals surface area contributed by atoms with Crippen LogP contribution in [-0.4, -0.2) is 28.5 Å². The minimum Gasteiger partial charge on any atom is -0.496 e. The van der Waals surface area contributed by atoms with Crippen molar-refractivity contribution in [1.82, 2.24) is 0 Å². The summed E-state index contributed by atoms with van der Waals surface area (Å²) in [6, 6.07) is 4.70. The number of nitrogens with zero attached hydrogens (tertiary/aromatic N) is 1. The van der Waals surface area contributed by atoms with E-state index in [2.05, 4.69) is 0 Å². The van der Waals surface area contributed by atoms with Crippen LogP contribution < -0.4 is 4.74 Å². The molecule has 0 amide bonds. The molecule has 1 N–H and O–H groups in total. The van der Waals surface area contributed by atoms with Crippen LogP contribution in [0.5, 0.6) is 5.75 Å². The van der Waals surface area contributed by atoms with Crippen molar-refractivity contribution in [2.45, 2.75) is 31.0 Å². The molecule has 0 bridgehead atoms. The summed E-state index contributed by atoms with van der Waals surface area (Å²) in [5.41, 5.74) is 0.841. The Kier molecular flexibility index (Phi) is 5.43. The molecule has 0 aliphatic carbocycles. The van der Waals surface area contributed by atoms with Crippen molar-refractivity contribution in [1.29, 1.82) is 0 Å². The highest BCUT2D eigenvalue weighted by Crippen LogP contribution is 2.27. The summed E-state index contributed by atoms with van der Waals surface area (Å²) in [4.78, 5) is 10.3. The molecule has 2 atom stereocenters. The van der Waals surface area contributed by atoms with E-state index in [-0.39, 0.29) is 10.9 Å². The maximum atomic E-state index is 10.8. The molecule has 5 nitrogen and oxygen atoms in total. The number of benzene rings is 1. The van der Waals surface area contributed by atoms with Crippen LogP contribution >= 0.6 is 11.8 Å². The maximum absolute atomic E-state index is 10.8. The molecule has 0 fully saturated rings. The quantitative estimate of drug-likeness (QED) is 0.636. The number of nitro benzene ring substituents is 1. The molecule has 100 valence electrons. The van der Waals surface area contributed by atoms with Gasteiger partial charge in [0.2, 0.25) is 0 Å². The number of non-ortho nitro benzene ring substituents is 1. The van der Waals surface area contributed by atoms with Crippen LogP contribution in [0, 0.1) is 10.1 Å². The van der Waals surface area contributed by atoms with Crippen molar-refractivity contribution >= 4 is 17.4 Å². The van der Waals surface area contributed by atoms with Crippen LogP contribution in [0.15, 0.2) is 18.2 Å². The molecular weight excluding hydrogens is 254 g/mol. The Morgan fingerprint density at radius 1 is 1.44 bits per heavy atom. The van der Waals surface area contributed by atoms with Gasteiger partial charge in [-0.15, -0.1) is 0 Å². The minimum atomic E-state index is -0.436. The van der Waals surface area contributed by atoms with E-state index >= 15 is 0 Å².